The van der Waals surface area contributed by atoms with E-state index >= 15 is 0 Å². The fourth-order valence-electron chi connectivity index (χ4n) is 1.92. The lowest BCUT2D eigenvalue weighted by Gasteiger charge is -2.12. The Hall–Kier alpha value is -1.87. The van der Waals surface area contributed by atoms with Crippen molar-refractivity contribution in [2.24, 2.45) is 0 Å². The quantitative estimate of drug-likeness (QED) is 0.879. The highest BCUT2D eigenvalue weighted by atomic mass is 19.1. The molecule has 100 valence electrons. The standard InChI is InChI=1S/C16H18FNO/c1-12-7-8-13(9-15(12)17)10-18-16-6-4-3-5-14(16)11-19-2/h3-9,18H,10-11H2,1-2H3. The summed E-state index contributed by atoms with van der Waals surface area (Å²) in [5, 5.41) is 3.31. The number of anilines is 1. The molecule has 19 heavy (non-hydrogen) atoms. The molecule has 3 heteroatoms. The van der Waals surface area contributed by atoms with E-state index in [1.807, 2.05) is 30.3 Å². The molecule has 2 aromatic rings. The molecular formula is C16H18FNO. The van der Waals surface area contributed by atoms with Gasteiger partial charge in [0.2, 0.25) is 0 Å². The summed E-state index contributed by atoms with van der Waals surface area (Å²) in [6.45, 7) is 2.92. The summed E-state index contributed by atoms with van der Waals surface area (Å²) in [6.07, 6.45) is 0. The lowest BCUT2D eigenvalue weighted by molar-refractivity contribution is 0.185. The number of hydrogen-bond acceptors (Lipinski definition) is 2. The van der Waals surface area contributed by atoms with Crippen molar-refractivity contribution < 1.29 is 9.13 Å². The largest absolute Gasteiger partial charge is 0.381 e. The topological polar surface area (TPSA) is 21.3 Å². The molecule has 2 nitrogen and oxygen atoms in total. The Kier molecular flexibility index (Phi) is 4.53. The van der Waals surface area contributed by atoms with Gasteiger partial charge in [0, 0.05) is 24.9 Å². The Bertz CT molecular complexity index is 554. The molecule has 0 spiro atoms. The van der Waals surface area contributed by atoms with Gasteiger partial charge in [-0.15, -0.1) is 0 Å². The first-order valence-corrected chi connectivity index (χ1v) is 6.26. The molecule has 0 saturated heterocycles. The zero-order chi connectivity index (χ0) is 13.7. The second-order valence-electron chi connectivity index (χ2n) is 4.53. The van der Waals surface area contributed by atoms with Gasteiger partial charge in [-0.25, -0.2) is 4.39 Å². The highest BCUT2D eigenvalue weighted by Crippen LogP contribution is 2.17. The molecule has 0 heterocycles. The summed E-state index contributed by atoms with van der Waals surface area (Å²) < 4.78 is 18.6. The molecule has 0 fully saturated rings. The van der Waals surface area contributed by atoms with Crippen LogP contribution in [0.15, 0.2) is 42.5 Å². The molecule has 0 saturated carbocycles. The lowest BCUT2D eigenvalue weighted by atomic mass is 10.1. The minimum absolute atomic E-state index is 0.163. The highest BCUT2D eigenvalue weighted by Gasteiger charge is 2.02. The van der Waals surface area contributed by atoms with E-state index in [1.165, 1.54) is 0 Å². The number of halogens is 1. The van der Waals surface area contributed by atoms with Crippen LogP contribution in [0.4, 0.5) is 10.1 Å². The molecule has 1 N–H and O–H groups in total. The SMILES string of the molecule is COCc1ccccc1NCc1ccc(C)c(F)c1. The van der Waals surface area contributed by atoms with E-state index in [-0.39, 0.29) is 5.82 Å². The van der Waals surface area contributed by atoms with Gasteiger partial charge in [0.25, 0.3) is 0 Å². The third kappa shape index (κ3) is 3.55. The average Bonchev–Trinajstić information content (AvgIpc) is 2.42. The second kappa shape index (κ2) is 6.34. The van der Waals surface area contributed by atoms with E-state index in [2.05, 4.69) is 5.32 Å². The monoisotopic (exact) mass is 259 g/mol. The molecule has 0 bridgehead atoms. The molecule has 0 amide bonds. The third-order valence-electron chi connectivity index (χ3n) is 3.04. The van der Waals surface area contributed by atoms with Crippen molar-refractivity contribution in [3.05, 3.63) is 65.0 Å². The number of para-hydroxylation sites is 1. The number of ether oxygens (including phenoxy) is 1. The smallest absolute Gasteiger partial charge is 0.126 e. The zero-order valence-electron chi connectivity index (χ0n) is 11.2. The van der Waals surface area contributed by atoms with Crippen LogP contribution in [0.3, 0.4) is 0 Å². The van der Waals surface area contributed by atoms with Crippen molar-refractivity contribution in [3.63, 3.8) is 0 Å². The van der Waals surface area contributed by atoms with Gasteiger partial charge in [-0.3, -0.25) is 0 Å². The van der Waals surface area contributed by atoms with Crippen LogP contribution in [0.2, 0.25) is 0 Å². The Morgan fingerprint density at radius 3 is 2.68 bits per heavy atom. The minimum Gasteiger partial charge on any atom is -0.381 e. The van der Waals surface area contributed by atoms with Crippen LogP contribution in [0.1, 0.15) is 16.7 Å². The fourth-order valence-corrected chi connectivity index (χ4v) is 1.92. The van der Waals surface area contributed by atoms with Crippen molar-refractivity contribution in [1.29, 1.82) is 0 Å². The first-order valence-electron chi connectivity index (χ1n) is 6.26. The maximum atomic E-state index is 13.5. The van der Waals surface area contributed by atoms with E-state index in [0.717, 1.165) is 16.8 Å². The Morgan fingerprint density at radius 2 is 1.95 bits per heavy atom. The maximum Gasteiger partial charge on any atom is 0.126 e. The van der Waals surface area contributed by atoms with Crippen LogP contribution in [0.25, 0.3) is 0 Å². The average molecular weight is 259 g/mol. The molecule has 2 aromatic carbocycles. The van der Waals surface area contributed by atoms with Gasteiger partial charge in [0.15, 0.2) is 0 Å². The van der Waals surface area contributed by atoms with Gasteiger partial charge < -0.3 is 10.1 Å². The predicted molar refractivity (Wildman–Crippen MR) is 75.6 cm³/mol. The summed E-state index contributed by atoms with van der Waals surface area (Å²) >= 11 is 0. The van der Waals surface area contributed by atoms with Gasteiger partial charge in [-0.05, 0) is 30.2 Å². The van der Waals surface area contributed by atoms with Crippen molar-refractivity contribution in [2.75, 3.05) is 12.4 Å². The summed E-state index contributed by atoms with van der Waals surface area (Å²) in [5.41, 5.74) is 3.71. The molecule has 0 aliphatic heterocycles. The maximum absolute atomic E-state index is 13.5. The number of hydrogen-bond donors (Lipinski definition) is 1. The van der Waals surface area contributed by atoms with Crippen LogP contribution in [0, 0.1) is 12.7 Å². The Labute approximate surface area is 113 Å². The first kappa shape index (κ1) is 13.6. The van der Waals surface area contributed by atoms with E-state index < -0.39 is 0 Å². The second-order valence-corrected chi connectivity index (χ2v) is 4.53. The predicted octanol–water partition coefficient (Wildman–Crippen LogP) is 3.89. The van der Waals surface area contributed by atoms with Crippen LogP contribution in [-0.2, 0) is 17.9 Å². The molecule has 0 unspecified atom stereocenters. The molecule has 2 rings (SSSR count). The van der Waals surface area contributed by atoms with Crippen molar-refractivity contribution in [3.8, 4) is 0 Å². The lowest BCUT2D eigenvalue weighted by Crippen LogP contribution is -2.03. The van der Waals surface area contributed by atoms with Crippen molar-refractivity contribution in [2.45, 2.75) is 20.1 Å². The molecular weight excluding hydrogens is 241 g/mol. The molecule has 0 aromatic heterocycles. The van der Waals surface area contributed by atoms with Crippen LogP contribution >= 0.6 is 0 Å². The van der Waals surface area contributed by atoms with Crippen molar-refractivity contribution in [1.82, 2.24) is 0 Å². The van der Waals surface area contributed by atoms with Gasteiger partial charge in [0.05, 0.1) is 6.61 Å². The van der Waals surface area contributed by atoms with Gasteiger partial charge in [0.1, 0.15) is 5.82 Å². The normalized spacial score (nSPS) is 10.5. The van der Waals surface area contributed by atoms with Crippen LogP contribution in [-0.4, -0.2) is 7.11 Å². The summed E-state index contributed by atoms with van der Waals surface area (Å²) in [6, 6.07) is 13.3. The van der Waals surface area contributed by atoms with Crippen molar-refractivity contribution >= 4 is 5.69 Å². The van der Waals surface area contributed by atoms with Gasteiger partial charge in [-0.1, -0.05) is 30.3 Å². The first-order chi connectivity index (χ1) is 9.20. The number of methoxy groups -OCH3 is 1. The minimum atomic E-state index is -0.163. The van der Waals surface area contributed by atoms with E-state index in [4.69, 9.17) is 4.74 Å². The summed E-state index contributed by atoms with van der Waals surface area (Å²) in [5.74, 6) is -0.163. The summed E-state index contributed by atoms with van der Waals surface area (Å²) in [7, 11) is 1.67. The molecule has 0 radical (unpaired) electrons. The van der Waals surface area contributed by atoms with Gasteiger partial charge >= 0.3 is 0 Å². The number of rotatable bonds is 5. The number of benzene rings is 2. The highest BCUT2D eigenvalue weighted by molar-refractivity contribution is 5.51. The number of nitrogens with one attached hydrogen (secondary N) is 1. The molecule has 0 aliphatic carbocycles. The van der Waals surface area contributed by atoms with Crippen LogP contribution in [0.5, 0.6) is 0 Å². The van der Waals surface area contributed by atoms with Gasteiger partial charge in [-0.2, -0.15) is 0 Å². The van der Waals surface area contributed by atoms with Crippen LogP contribution < -0.4 is 5.32 Å². The Balaban J connectivity index is 2.07. The van der Waals surface area contributed by atoms with E-state index in [0.29, 0.717) is 18.7 Å². The fraction of sp³-hybridized carbons (Fsp3) is 0.250. The number of aryl methyl sites for hydroxylation is 1. The molecule has 0 aliphatic rings. The third-order valence-corrected chi connectivity index (χ3v) is 3.04. The molecule has 0 atom stereocenters. The van der Waals surface area contributed by atoms with E-state index in [9.17, 15) is 4.39 Å². The zero-order valence-corrected chi connectivity index (χ0v) is 11.2. The van der Waals surface area contributed by atoms with E-state index in [1.54, 1.807) is 26.2 Å². The Morgan fingerprint density at radius 1 is 1.16 bits per heavy atom. The summed E-state index contributed by atoms with van der Waals surface area (Å²) in [4.78, 5) is 0.